The predicted octanol–water partition coefficient (Wildman–Crippen LogP) is 1.98. The molecule has 0 saturated carbocycles. The molecule has 2 aliphatic rings. The largest absolute Gasteiger partial charge is 0.539 e. The van der Waals surface area contributed by atoms with Gasteiger partial charge in [-0.15, -0.1) is 0 Å². The molecule has 1 N–H and O–H groups in total. The van der Waals surface area contributed by atoms with E-state index < -0.39 is 7.12 Å². The standard InChI is InChI=1S/C10H15BO2/c1-7(2)8-3-4-9-6-11(12)13-10(9)5-8/h3,5,7,9,12H,4,6H2,1-2H3. The lowest BCUT2D eigenvalue weighted by Gasteiger charge is -2.17. The highest BCUT2D eigenvalue weighted by Crippen LogP contribution is 2.36. The molecule has 2 nitrogen and oxygen atoms in total. The fraction of sp³-hybridized carbons (Fsp3) is 0.600. The van der Waals surface area contributed by atoms with Crippen LogP contribution in [0.5, 0.6) is 0 Å². The normalized spacial score (nSPS) is 26.8. The van der Waals surface area contributed by atoms with Gasteiger partial charge in [0.25, 0.3) is 0 Å². The van der Waals surface area contributed by atoms with Crippen LogP contribution in [0, 0.1) is 11.8 Å². The first-order valence-electron chi connectivity index (χ1n) is 4.93. The zero-order valence-electron chi connectivity index (χ0n) is 8.16. The molecule has 0 radical (unpaired) electrons. The second-order valence-corrected chi connectivity index (χ2v) is 4.15. The summed E-state index contributed by atoms with van der Waals surface area (Å²) in [5, 5.41) is 9.30. The van der Waals surface area contributed by atoms with E-state index in [-0.39, 0.29) is 0 Å². The van der Waals surface area contributed by atoms with Gasteiger partial charge in [-0.3, -0.25) is 0 Å². The number of rotatable bonds is 1. The van der Waals surface area contributed by atoms with Gasteiger partial charge in [-0.2, -0.15) is 0 Å². The Morgan fingerprint density at radius 3 is 3.08 bits per heavy atom. The van der Waals surface area contributed by atoms with E-state index in [9.17, 15) is 5.02 Å². The smallest absolute Gasteiger partial charge is 0.523 e. The van der Waals surface area contributed by atoms with Crippen molar-refractivity contribution in [2.24, 2.45) is 11.8 Å². The van der Waals surface area contributed by atoms with E-state index in [0.717, 1.165) is 18.5 Å². The van der Waals surface area contributed by atoms with Crippen LogP contribution in [0.25, 0.3) is 0 Å². The van der Waals surface area contributed by atoms with Crippen LogP contribution < -0.4 is 0 Å². The first-order chi connectivity index (χ1) is 6.16. The topological polar surface area (TPSA) is 29.5 Å². The summed E-state index contributed by atoms with van der Waals surface area (Å²) >= 11 is 0. The monoisotopic (exact) mass is 178 g/mol. The Morgan fingerprint density at radius 2 is 2.38 bits per heavy atom. The molecule has 1 saturated heterocycles. The van der Waals surface area contributed by atoms with Crippen LogP contribution in [0.15, 0.2) is 23.5 Å². The van der Waals surface area contributed by atoms with E-state index in [1.54, 1.807) is 0 Å². The van der Waals surface area contributed by atoms with Gasteiger partial charge in [-0.25, -0.2) is 0 Å². The van der Waals surface area contributed by atoms with Crippen LogP contribution in [0.3, 0.4) is 0 Å². The molecule has 1 atom stereocenters. The van der Waals surface area contributed by atoms with Crippen molar-refractivity contribution in [1.29, 1.82) is 0 Å². The van der Waals surface area contributed by atoms with Crippen LogP contribution in [0.1, 0.15) is 20.3 Å². The Kier molecular flexibility index (Phi) is 2.20. The van der Waals surface area contributed by atoms with Crippen molar-refractivity contribution >= 4 is 7.12 Å². The molecule has 1 heterocycles. The van der Waals surface area contributed by atoms with Crippen LogP contribution >= 0.6 is 0 Å². The summed E-state index contributed by atoms with van der Waals surface area (Å²) in [5.41, 5.74) is 1.33. The van der Waals surface area contributed by atoms with Crippen LogP contribution in [-0.4, -0.2) is 12.1 Å². The van der Waals surface area contributed by atoms with Gasteiger partial charge in [0.1, 0.15) is 0 Å². The SMILES string of the molecule is CC(C)C1=CCC2CB(O)OC2=C1. The van der Waals surface area contributed by atoms with E-state index in [4.69, 9.17) is 4.65 Å². The average molecular weight is 178 g/mol. The van der Waals surface area contributed by atoms with Gasteiger partial charge in [0.05, 0.1) is 5.76 Å². The molecule has 3 heteroatoms. The molecule has 0 aromatic rings. The summed E-state index contributed by atoms with van der Waals surface area (Å²) in [5.74, 6) is 1.96. The molecule has 13 heavy (non-hydrogen) atoms. The van der Waals surface area contributed by atoms with Crippen LogP contribution in [-0.2, 0) is 4.65 Å². The van der Waals surface area contributed by atoms with Crippen molar-refractivity contribution in [2.75, 3.05) is 0 Å². The highest BCUT2D eigenvalue weighted by molar-refractivity contribution is 6.44. The van der Waals surface area contributed by atoms with Crippen molar-refractivity contribution in [2.45, 2.75) is 26.6 Å². The second kappa shape index (κ2) is 3.22. The van der Waals surface area contributed by atoms with Gasteiger partial charge in [0.2, 0.25) is 0 Å². The third-order valence-electron chi connectivity index (χ3n) is 2.77. The third kappa shape index (κ3) is 1.66. The zero-order valence-corrected chi connectivity index (χ0v) is 8.16. The lowest BCUT2D eigenvalue weighted by atomic mass is 9.78. The molecular formula is C10H15BO2. The van der Waals surface area contributed by atoms with Crippen LogP contribution in [0.2, 0.25) is 6.32 Å². The first-order valence-corrected chi connectivity index (χ1v) is 4.93. The first kappa shape index (κ1) is 8.88. The fourth-order valence-corrected chi connectivity index (χ4v) is 1.93. The minimum atomic E-state index is -0.573. The Labute approximate surface area is 79.4 Å². The zero-order chi connectivity index (χ0) is 9.42. The molecule has 0 spiro atoms. The summed E-state index contributed by atoms with van der Waals surface area (Å²) in [4.78, 5) is 0. The Hall–Kier alpha value is -0.695. The number of hydrogen-bond donors (Lipinski definition) is 1. The van der Waals surface area contributed by atoms with Gasteiger partial charge in [-0.1, -0.05) is 19.9 Å². The minimum Gasteiger partial charge on any atom is -0.539 e. The van der Waals surface area contributed by atoms with Crippen molar-refractivity contribution in [3.05, 3.63) is 23.5 Å². The lowest BCUT2D eigenvalue weighted by molar-refractivity contribution is 0.349. The molecule has 2 rings (SSSR count). The quantitative estimate of drug-likeness (QED) is 0.622. The molecule has 0 bridgehead atoms. The summed E-state index contributed by atoms with van der Waals surface area (Å²) in [6, 6.07) is 0. The van der Waals surface area contributed by atoms with E-state index in [0.29, 0.717) is 11.8 Å². The van der Waals surface area contributed by atoms with Gasteiger partial charge >= 0.3 is 7.12 Å². The Balaban J connectivity index is 2.16. The van der Waals surface area contributed by atoms with Crippen molar-refractivity contribution in [1.82, 2.24) is 0 Å². The highest BCUT2D eigenvalue weighted by Gasteiger charge is 2.35. The van der Waals surface area contributed by atoms with Gasteiger partial charge in [0, 0.05) is 12.2 Å². The second-order valence-electron chi connectivity index (χ2n) is 4.15. The maximum atomic E-state index is 9.30. The minimum absolute atomic E-state index is 0.428. The maximum absolute atomic E-state index is 9.30. The van der Waals surface area contributed by atoms with E-state index >= 15 is 0 Å². The molecular weight excluding hydrogens is 163 g/mol. The number of hydrogen-bond acceptors (Lipinski definition) is 2. The van der Waals surface area contributed by atoms with Crippen molar-refractivity contribution in [3.8, 4) is 0 Å². The molecule has 1 aliphatic heterocycles. The summed E-state index contributed by atoms with van der Waals surface area (Å²) in [7, 11) is -0.573. The molecule has 1 fully saturated rings. The third-order valence-corrected chi connectivity index (χ3v) is 2.77. The summed E-state index contributed by atoms with van der Waals surface area (Å²) in [6.45, 7) is 4.35. The summed E-state index contributed by atoms with van der Waals surface area (Å²) < 4.78 is 5.32. The van der Waals surface area contributed by atoms with E-state index in [1.807, 2.05) is 0 Å². The molecule has 0 aromatic heterocycles. The van der Waals surface area contributed by atoms with Gasteiger partial charge in [0.15, 0.2) is 0 Å². The maximum Gasteiger partial charge on any atom is 0.523 e. The molecule has 1 unspecified atom stereocenters. The van der Waals surface area contributed by atoms with Crippen molar-refractivity contribution < 1.29 is 9.68 Å². The lowest BCUT2D eigenvalue weighted by Crippen LogP contribution is -2.07. The molecule has 1 aliphatic carbocycles. The molecule has 0 amide bonds. The van der Waals surface area contributed by atoms with E-state index in [2.05, 4.69) is 26.0 Å². The van der Waals surface area contributed by atoms with E-state index in [1.165, 1.54) is 5.57 Å². The van der Waals surface area contributed by atoms with Crippen LogP contribution in [0.4, 0.5) is 0 Å². The molecule has 70 valence electrons. The van der Waals surface area contributed by atoms with Gasteiger partial charge in [-0.05, 0) is 24.0 Å². The number of fused-ring (bicyclic) bond motifs is 1. The number of allylic oxidation sites excluding steroid dienone is 4. The summed E-state index contributed by atoms with van der Waals surface area (Å²) in [6.07, 6.45) is 6.14. The predicted molar refractivity (Wildman–Crippen MR) is 53.0 cm³/mol. The molecule has 0 aromatic carbocycles. The van der Waals surface area contributed by atoms with Gasteiger partial charge < -0.3 is 9.68 Å². The Bertz CT molecular complexity index is 268. The van der Waals surface area contributed by atoms with Crippen molar-refractivity contribution in [3.63, 3.8) is 0 Å². The Morgan fingerprint density at radius 1 is 1.62 bits per heavy atom. The average Bonchev–Trinajstić information content (AvgIpc) is 2.42. The fourth-order valence-electron chi connectivity index (χ4n) is 1.93. The highest BCUT2D eigenvalue weighted by atomic mass is 16.5.